The van der Waals surface area contributed by atoms with Gasteiger partial charge in [0.1, 0.15) is 12.1 Å². The number of primary amides is 1. The Labute approximate surface area is 297 Å². The molecule has 0 radical (unpaired) electrons. The minimum atomic E-state index is -1.52. The van der Waals surface area contributed by atoms with Crippen LogP contribution in [0.4, 0.5) is 0 Å². The van der Waals surface area contributed by atoms with E-state index in [4.69, 9.17) is 39.5 Å². The van der Waals surface area contributed by atoms with Crippen molar-refractivity contribution in [1.82, 2.24) is 16.0 Å². The number of hydrogen-bond donors (Lipinski definition) is 11. The number of aliphatic imine (C=N–C) groups is 2. The fourth-order valence-corrected chi connectivity index (χ4v) is 4.88. The van der Waals surface area contributed by atoms with Crippen molar-refractivity contribution >= 4 is 53.1 Å². The van der Waals surface area contributed by atoms with Gasteiger partial charge in [-0.05, 0) is 45.1 Å². The molecule has 6 atom stereocenters. The number of carboxylic acids is 1. The van der Waals surface area contributed by atoms with E-state index in [1.54, 1.807) is 6.92 Å². The van der Waals surface area contributed by atoms with Crippen LogP contribution in [-0.4, -0.2) is 108 Å². The average molecular weight is 728 g/mol. The van der Waals surface area contributed by atoms with E-state index >= 15 is 0 Å². The van der Waals surface area contributed by atoms with Crippen LogP contribution in [0.15, 0.2) is 9.98 Å². The lowest BCUT2D eigenvalue weighted by Crippen LogP contribution is -2.50. The Bertz CT molecular complexity index is 1240. The minimum absolute atomic E-state index is 0.0851. The van der Waals surface area contributed by atoms with Crippen molar-refractivity contribution in [2.75, 3.05) is 26.2 Å². The van der Waals surface area contributed by atoms with Crippen molar-refractivity contribution in [2.24, 2.45) is 62.1 Å². The highest BCUT2D eigenvalue weighted by Crippen LogP contribution is 2.18. The number of hydrogen-bond acceptors (Lipinski definition) is 11. The lowest BCUT2D eigenvalue weighted by Gasteiger charge is -2.24. The second-order valence-electron chi connectivity index (χ2n) is 12.4. The molecule has 0 unspecified atom stereocenters. The number of unbranched alkanes of at least 4 members (excludes halogenated alkanes) is 1. The van der Waals surface area contributed by atoms with Crippen LogP contribution in [-0.2, 0) is 33.6 Å². The Morgan fingerprint density at radius 3 is 1.63 bits per heavy atom. The fraction of sp³-hybridized carbons (Fsp3) is 0.710. The second-order valence-corrected chi connectivity index (χ2v) is 12.4. The quantitative estimate of drug-likeness (QED) is 0.0211. The van der Waals surface area contributed by atoms with Gasteiger partial charge < -0.3 is 60.6 Å². The Balaban J connectivity index is 5.94. The first-order valence-electron chi connectivity index (χ1n) is 16.8. The molecule has 0 aliphatic heterocycles. The van der Waals surface area contributed by atoms with Gasteiger partial charge in [-0.2, -0.15) is 0 Å². The summed E-state index contributed by atoms with van der Waals surface area (Å²) in [6.07, 6.45) is 1.23. The van der Waals surface area contributed by atoms with E-state index in [9.17, 15) is 38.7 Å². The van der Waals surface area contributed by atoms with E-state index in [-0.39, 0.29) is 56.6 Å². The van der Waals surface area contributed by atoms with Crippen LogP contribution < -0.4 is 50.4 Å². The third-order valence-corrected chi connectivity index (χ3v) is 7.89. The molecule has 0 saturated carbocycles. The summed E-state index contributed by atoms with van der Waals surface area (Å²) in [5.74, 6) is -8.50. The number of carbonyl (C=O) groups is 7. The van der Waals surface area contributed by atoms with Gasteiger partial charge in [0.05, 0.1) is 19.1 Å². The van der Waals surface area contributed by atoms with Gasteiger partial charge in [0.2, 0.25) is 23.6 Å². The second kappa shape index (κ2) is 25.2. The molecule has 0 aromatic rings. The number of rotatable bonds is 28. The normalized spacial score (nSPS) is 14.4. The molecule has 0 heterocycles. The van der Waals surface area contributed by atoms with E-state index in [0.29, 0.717) is 19.4 Å². The molecule has 0 aromatic carbocycles. The zero-order valence-electron chi connectivity index (χ0n) is 29.5. The van der Waals surface area contributed by atoms with E-state index < -0.39 is 90.6 Å². The predicted molar refractivity (Wildman–Crippen MR) is 188 cm³/mol. The molecular weight excluding hydrogens is 670 g/mol. The summed E-state index contributed by atoms with van der Waals surface area (Å²) in [5, 5.41) is 26.3. The molecule has 0 fully saturated rings. The van der Waals surface area contributed by atoms with Gasteiger partial charge in [-0.25, -0.2) is 0 Å². The Morgan fingerprint density at radius 1 is 0.608 bits per heavy atom. The lowest BCUT2D eigenvalue weighted by molar-refractivity contribution is -0.140. The molecule has 0 spiro atoms. The minimum Gasteiger partial charge on any atom is -0.481 e. The van der Waals surface area contributed by atoms with Gasteiger partial charge in [0.15, 0.2) is 23.5 Å². The number of guanidine groups is 2. The smallest absolute Gasteiger partial charge is 0.305 e. The SMILES string of the molecule is C[C@H](CC(=O)[C@H](CO)NC(=O)[C@H](CCCN=C(N)N)CC(=O)[C@H](CCCN=C(N)N)NC(=O)[C@@H](C)CCCCN)C(=O)N[C@@H](CC(=O)O)C(N)=O. The van der Waals surface area contributed by atoms with E-state index in [1.165, 1.54) is 6.92 Å². The number of carbonyl (C=O) groups excluding carboxylic acids is 6. The standard InChI is InChI=1S/C31H57N11O9/c1-17(7-3-4-10-32)27(49)40-20(9-6-12-39-31(36)37)24(45)14-19(8-5-11-38-30(34)35)29(51)42-22(16-43)23(44)13-18(2)28(50)41-21(26(33)48)15-25(46)47/h17-22,43H,3-16,32H2,1-2H3,(H2,33,48)(H,40,49)(H,41,50)(H,42,51)(H,46,47)(H4,34,35,38)(H4,36,37,39)/t17-,18+,19+,20-,21-,22-/m0/s1. The van der Waals surface area contributed by atoms with Crippen LogP contribution in [0.2, 0.25) is 0 Å². The summed E-state index contributed by atoms with van der Waals surface area (Å²) in [6.45, 7) is 3.01. The third kappa shape index (κ3) is 20.4. The average Bonchev–Trinajstić information content (AvgIpc) is 3.04. The largest absolute Gasteiger partial charge is 0.481 e. The molecule has 0 aliphatic carbocycles. The first-order valence-corrected chi connectivity index (χ1v) is 16.8. The summed E-state index contributed by atoms with van der Waals surface area (Å²) in [7, 11) is 0. The molecule has 20 nitrogen and oxygen atoms in total. The molecule has 0 aromatic heterocycles. The number of nitrogens with one attached hydrogen (secondary N) is 3. The highest BCUT2D eigenvalue weighted by Gasteiger charge is 2.32. The molecule has 0 bridgehead atoms. The lowest BCUT2D eigenvalue weighted by atomic mass is 9.90. The molecule has 20 heteroatoms. The Hall–Kier alpha value is -4.85. The number of Topliss-reactive ketones (excluding diaryl/α,β-unsaturated/α-hetero) is 2. The first kappa shape index (κ1) is 46.1. The van der Waals surface area contributed by atoms with Crippen molar-refractivity contribution in [2.45, 2.75) is 96.2 Å². The summed E-state index contributed by atoms with van der Waals surface area (Å²) in [6, 6.07) is -3.98. The van der Waals surface area contributed by atoms with Gasteiger partial charge >= 0.3 is 5.97 Å². The van der Waals surface area contributed by atoms with Crippen LogP contribution in [0.25, 0.3) is 0 Å². The predicted octanol–water partition coefficient (Wildman–Crippen LogP) is -3.56. The fourth-order valence-electron chi connectivity index (χ4n) is 4.88. The number of aliphatic carboxylic acids is 1. The highest BCUT2D eigenvalue weighted by atomic mass is 16.4. The monoisotopic (exact) mass is 727 g/mol. The molecular formula is C31H57N11O9. The molecule has 290 valence electrons. The van der Waals surface area contributed by atoms with Crippen molar-refractivity contribution in [3.05, 3.63) is 0 Å². The van der Waals surface area contributed by atoms with Gasteiger partial charge in [-0.3, -0.25) is 43.5 Å². The first-order chi connectivity index (χ1) is 23.9. The molecule has 0 saturated heterocycles. The Kier molecular flexibility index (Phi) is 22.8. The summed E-state index contributed by atoms with van der Waals surface area (Å²) >= 11 is 0. The number of nitrogens with two attached hydrogens (primary N) is 6. The van der Waals surface area contributed by atoms with Crippen molar-refractivity contribution in [3.8, 4) is 0 Å². The summed E-state index contributed by atoms with van der Waals surface area (Å²) < 4.78 is 0. The molecule has 0 rings (SSSR count). The number of aliphatic hydroxyl groups excluding tert-OH is 1. The zero-order valence-corrected chi connectivity index (χ0v) is 29.5. The number of aliphatic hydroxyl groups is 1. The topological polar surface area (TPSA) is 377 Å². The van der Waals surface area contributed by atoms with Crippen LogP contribution in [0.5, 0.6) is 0 Å². The highest BCUT2D eigenvalue weighted by molar-refractivity contribution is 5.96. The Morgan fingerprint density at radius 2 is 1.12 bits per heavy atom. The van der Waals surface area contributed by atoms with Gasteiger partial charge in [-0.1, -0.05) is 20.3 Å². The maximum atomic E-state index is 13.7. The van der Waals surface area contributed by atoms with E-state index in [0.717, 1.165) is 12.8 Å². The summed E-state index contributed by atoms with van der Waals surface area (Å²) in [5.41, 5.74) is 32.3. The maximum absolute atomic E-state index is 13.7. The molecule has 0 aliphatic rings. The van der Waals surface area contributed by atoms with Crippen LogP contribution in [0.1, 0.15) is 78.1 Å². The molecule has 4 amide bonds. The molecule has 17 N–H and O–H groups in total. The number of nitrogens with zero attached hydrogens (tertiary/aromatic N) is 2. The summed E-state index contributed by atoms with van der Waals surface area (Å²) in [4.78, 5) is 96.1. The van der Waals surface area contributed by atoms with E-state index in [1.807, 2.05) is 0 Å². The number of carboxylic acid groups (broad SMARTS) is 1. The van der Waals surface area contributed by atoms with Gasteiger partial charge in [0.25, 0.3) is 0 Å². The van der Waals surface area contributed by atoms with Crippen molar-refractivity contribution in [3.63, 3.8) is 0 Å². The molecule has 51 heavy (non-hydrogen) atoms. The number of ketones is 2. The van der Waals surface area contributed by atoms with Crippen LogP contribution in [0.3, 0.4) is 0 Å². The van der Waals surface area contributed by atoms with Gasteiger partial charge in [0, 0.05) is 43.7 Å². The van der Waals surface area contributed by atoms with Crippen LogP contribution >= 0.6 is 0 Å². The zero-order chi connectivity index (χ0) is 39.1. The third-order valence-electron chi connectivity index (χ3n) is 7.89. The van der Waals surface area contributed by atoms with Crippen molar-refractivity contribution < 1.29 is 43.8 Å². The van der Waals surface area contributed by atoms with Crippen molar-refractivity contribution in [1.29, 1.82) is 0 Å². The maximum Gasteiger partial charge on any atom is 0.305 e. The van der Waals surface area contributed by atoms with E-state index in [2.05, 4.69) is 25.9 Å². The van der Waals surface area contributed by atoms with Crippen LogP contribution in [0, 0.1) is 17.8 Å². The number of amides is 4. The van der Waals surface area contributed by atoms with Gasteiger partial charge in [-0.15, -0.1) is 0 Å².